The second-order valence-corrected chi connectivity index (χ2v) is 6.47. The summed E-state index contributed by atoms with van der Waals surface area (Å²) in [7, 11) is -3.40. The van der Waals surface area contributed by atoms with Gasteiger partial charge in [-0.1, -0.05) is 54.6 Å². The predicted molar refractivity (Wildman–Crippen MR) is 78.1 cm³/mol. The smallest absolute Gasteiger partial charge is 0.195 e. The zero-order valence-corrected chi connectivity index (χ0v) is 11.6. The molecule has 1 heterocycles. The van der Waals surface area contributed by atoms with Gasteiger partial charge in [-0.25, -0.2) is 8.42 Å². The van der Waals surface area contributed by atoms with Crippen LogP contribution in [0.25, 0.3) is 22.0 Å². The van der Waals surface area contributed by atoms with Crippen LogP contribution in [0.1, 0.15) is 0 Å². The Hall–Kier alpha value is -2.27. The molecule has 20 heavy (non-hydrogen) atoms. The highest BCUT2D eigenvalue weighted by molar-refractivity contribution is 7.90. The second-order valence-electron chi connectivity index (χ2n) is 4.54. The minimum atomic E-state index is -3.40. The van der Waals surface area contributed by atoms with Gasteiger partial charge < -0.3 is 0 Å². The Morgan fingerprint density at radius 2 is 1.40 bits per heavy atom. The molecule has 4 nitrogen and oxygen atoms in total. The van der Waals surface area contributed by atoms with Gasteiger partial charge in [-0.05, 0) is 0 Å². The van der Waals surface area contributed by atoms with E-state index in [9.17, 15) is 8.42 Å². The van der Waals surface area contributed by atoms with Gasteiger partial charge in [0.25, 0.3) is 0 Å². The Labute approximate surface area is 117 Å². The maximum Gasteiger partial charge on any atom is 0.195 e. The Bertz CT molecular complexity index is 875. The van der Waals surface area contributed by atoms with Crippen LogP contribution in [0, 0.1) is 0 Å². The minimum Gasteiger partial charge on any atom is -0.222 e. The number of hydrogen-bond acceptors (Lipinski definition) is 4. The Morgan fingerprint density at radius 3 is 2.05 bits per heavy atom. The molecule has 3 rings (SSSR count). The molecule has 2 aromatic carbocycles. The fourth-order valence-corrected chi connectivity index (χ4v) is 2.93. The number of sulfone groups is 1. The van der Waals surface area contributed by atoms with Gasteiger partial charge >= 0.3 is 0 Å². The standard InChI is InChI=1S/C15H12N2O2S/c1-20(18,19)15-13-10-6-5-9-12(13)14(16-17-15)11-7-3-2-4-8-11/h2-10H,1H3. The quantitative estimate of drug-likeness (QED) is 0.726. The van der Waals surface area contributed by atoms with Crippen LogP contribution in [-0.4, -0.2) is 24.9 Å². The highest BCUT2D eigenvalue weighted by Gasteiger charge is 2.17. The molecule has 0 radical (unpaired) electrons. The van der Waals surface area contributed by atoms with Crippen molar-refractivity contribution in [1.82, 2.24) is 10.2 Å². The highest BCUT2D eigenvalue weighted by atomic mass is 32.2. The lowest BCUT2D eigenvalue weighted by Crippen LogP contribution is -2.04. The number of fused-ring (bicyclic) bond motifs is 1. The van der Waals surface area contributed by atoms with Crippen LogP contribution in [0.4, 0.5) is 0 Å². The molecule has 3 aromatic rings. The first-order chi connectivity index (χ1) is 9.57. The van der Waals surface area contributed by atoms with Crippen molar-refractivity contribution in [2.75, 3.05) is 6.26 Å². The molecule has 5 heteroatoms. The van der Waals surface area contributed by atoms with Gasteiger partial charge in [-0.3, -0.25) is 0 Å². The van der Waals surface area contributed by atoms with Crippen LogP contribution < -0.4 is 0 Å². The van der Waals surface area contributed by atoms with Crippen molar-refractivity contribution in [2.24, 2.45) is 0 Å². The topological polar surface area (TPSA) is 59.9 Å². The third-order valence-corrected chi connectivity index (χ3v) is 4.06. The summed E-state index contributed by atoms with van der Waals surface area (Å²) in [4.78, 5) is 0. The molecule has 0 unspecified atom stereocenters. The van der Waals surface area contributed by atoms with E-state index in [0.717, 1.165) is 17.2 Å². The SMILES string of the molecule is CS(=O)(=O)c1nnc(-c2ccccc2)c2ccccc12. The first-order valence-corrected chi connectivity index (χ1v) is 7.97. The molecule has 0 aliphatic rings. The van der Waals surface area contributed by atoms with E-state index in [2.05, 4.69) is 10.2 Å². The molecular formula is C15H12N2O2S. The molecule has 1 aromatic heterocycles. The molecule has 0 N–H and O–H groups in total. The van der Waals surface area contributed by atoms with Gasteiger partial charge in [0, 0.05) is 22.6 Å². The fraction of sp³-hybridized carbons (Fsp3) is 0.0667. The summed E-state index contributed by atoms with van der Waals surface area (Å²) < 4.78 is 23.6. The maximum atomic E-state index is 11.8. The Kier molecular flexibility index (Phi) is 2.99. The summed E-state index contributed by atoms with van der Waals surface area (Å²) in [5.74, 6) is 0. The van der Waals surface area contributed by atoms with E-state index >= 15 is 0 Å². The Balaban J connectivity index is 2.39. The van der Waals surface area contributed by atoms with E-state index in [4.69, 9.17) is 0 Å². The molecule has 0 amide bonds. The van der Waals surface area contributed by atoms with Crippen LogP contribution in [-0.2, 0) is 9.84 Å². The summed E-state index contributed by atoms with van der Waals surface area (Å²) in [5, 5.41) is 9.44. The van der Waals surface area contributed by atoms with Crippen molar-refractivity contribution in [2.45, 2.75) is 5.03 Å². The summed E-state index contributed by atoms with van der Waals surface area (Å²) in [5.41, 5.74) is 1.60. The van der Waals surface area contributed by atoms with Crippen LogP contribution in [0.5, 0.6) is 0 Å². The third kappa shape index (κ3) is 2.16. The zero-order chi connectivity index (χ0) is 14.2. The maximum absolute atomic E-state index is 11.8. The number of rotatable bonds is 2. The average molecular weight is 284 g/mol. The molecular weight excluding hydrogens is 272 g/mol. The lowest BCUT2D eigenvalue weighted by Gasteiger charge is -2.08. The lowest BCUT2D eigenvalue weighted by molar-refractivity contribution is 0.597. The molecule has 0 saturated carbocycles. The van der Waals surface area contributed by atoms with E-state index in [-0.39, 0.29) is 5.03 Å². The first-order valence-electron chi connectivity index (χ1n) is 6.08. The lowest BCUT2D eigenvalue weighted by atomic mass is 10.1. The fourth-order valence-electron chi connectivity index (χ4n) is 2.16. The van der Waals surface area contributed by atoms with Crippen molar-refractivity contribution < 1.29 is 8.42 Å². The average Bonchev–Trinajstić information content (AvgIpc) is 2.46. The summed E-state index contributed by atoms with van der Waals surface area (Å²) in [6, 6.07) is 16.9. The van der Waals surface area contributed by atoms with Crippen molar-refractivity contribution in [1.29, 1.82) is 0 Å². The van der Waals surface area contributed by atoms with Crippen LogP contribution in [0.3, 0.4) is 0 Å². The summed E-state index contributed by atoms with van der Waals surface area (Å²) in [6.45, 7) is 0. The van der Waals surface area contributed by atoms with Crippen molar-refractivity contribution in [3.05, 3.63) is 54.6 Å². The minimum absolute atomic E-state index is 0.0211. The van der Waals surface area contributed by atoms with Crippen LogP contribution in [0.15, 0.2) is 59.6 Å². The normalized spacial score (nSPS) is 11.7. The van der Waals surface area contributed by atoms with Crippen molar-refractivity contribution in [3.63, 3.8) is 0 Å². The molecule has 0 atom stereocenters. The largest absolute Gasteiger partial charge is 0.222 e. The van der Waals surface area contributed by atoms with E-state index in [1.54, 1.807) is 12.1 Å². The molecule has 0 saturated heterocycles. The van der Waals surface area contributed by atoms with Gasteiger partial charge in [0.2, 0.25) is 0 Å². The molecule has 0 fully saturated rings. The number of hydrogen-bond donors (Lipinski definition) is 0. The highest BCUT2D eigenvalue weighted by Crippen LogP contribution is 2.28. The monoisotopic (exact) mass is 284 g/mol. The molecule has 0 aliphatic heterocycles. The van der Waals surface area contributed by atoms with Gasteiger partial charge in [0.05, 0.1) is 0 Å². The van der Waals surface area contributed by atoms with Gasteiger partial charge in [0.1, 0.15) is 5.69 Å². The number of aromatic nitrogens is 2. The molecule has 100 valence electrons. The van der Waals surface area contributed by atoms with E-state index in [0.29, 0.717) is 11.1 Å². The zero-order valence-electron chi connectivity index (χ0n) is 10.8. The van der Waals surface area contributed by atoms with Gasteiger partial charge in [-0.2, -0.15) is 0 Å². The van der Waals surface area contributed by atoms with Gasteiger partial charge in [-0.15, -0.1) is 10.2 Å². The van der Waals surface area contributed by atoms with Crippen LogP contribution >= 0.6 is 0 Å². The van der Waals surface area contributed by atoms with Crippen LogP contribution in [0.2, 0.25) is 0 Å². The first kappa shape index (κ1) is 12.7. The molecule has 0 aliphatic carbocycles. The van der Waals surface area contributed by atoms with Gasteiger partial charge in [0.15, 0.2) is 14.9 Å². The molecule has 0 spiro atoms. The van der Waals surface area contributed by atoms with E-state index in [1.165, 1.54) is 0 Å². The van der Waals surface area contributed by atoms with Crippen molar-refractivity contribution >= 4 is 20.6 Å². The predicted octanol–water partition coefficient (Wildman–Crippen LogP) is 2.70. The number of nitrogens with zero attached hydrogens (tertiary/aromatic N) is 2. The van der Waals surface area contributed by atoms with E-state index in [1.807, 2.05) is 42.5 Å². The van der Waals surface area contributed by atoms with Crippen molar-refractivity contribution in [3.8, 4) is 11.3 Å². The third-order valence-electron chi connectivity index (χ3n) is 3.05. The second kappa shape index (κ2) is 4.68. The number of benzene rings is 2. The molecule has 0 bridgehead atoms. The summed E-state index contributed by atoms with van der Waals surface area (Å²) >= 11 is 0. The summed E-state index contributed by atoms with van der Waals surface area (Å²) in [6.07, 6.45) is 1.14. The Morgan fingerprint density at radius 1 is 0.800 bits per heavy atom. The van der Waals surface area contributed by atoms with E-state index < -0.39 is 9.84 Å².